The topological polar surface area (TPSA) is 30.7 Å². The lowest BCUT2D eigenvalue weighted by atomic mass is 10.1. The van der Waals surface area contributed by atoms with Gasteiger partial charge in [-0.25, -0.2) is 0 Å². The molecule has 92 valence electrons. The van der Waals surface area contributed by atoms with Gasteiger partial charge in [0.2, 0.25) is 0 Å². The molecule has 2 aromatic carbocycles. The quantitative estimate of drug-likeness (QED) is 0.485. The minimum Gasteiger partial charge on any atom is -0.497 e. The highest BCUT2D eigenvalue weighted by molar-refractivity contribution is 6.11. The van der Waals surface area contributed by atoms with Crippen LogP contribution in [-0.2, 0) is 0 Å². The van der Waals surface area contributed by atoms with Gasteiger partial charge < -0.3 is 4.74 Å². The van der Waals surface area contributed by atoms with Gasteiger partial charge >= 0.3 is 0 Å². The Labute approximate surface area is 109 Å². The van der Waals surface area contributed by atoms with Crippen LogP contribution >= 0.6 is 0 Å². The summed E-state index contributed by atoms with van der Waals surface area (Å²) in [6, 6.07) is 13.7. The van der Waals surface area contributed by atoms with Crippen molar-refractivity contribution in [2.75, 3.05) is 7.11 Å². The van der Waals surface area contributed by atoms with Gasteiger partial charge in [0.25, 0.3) is 5.56 Å². The highest BCUT2D eigenvalue weighted by Crippen LogP contribution is 2.28. The average Bonchev–Trinajstić information content (AvgIpc) is 2.89. The first-order valence-electron chi connectivity index (χ1n) is 6.13. The lowest BCUT2D eigenvalue weighted by Crippen LogP contribution is -2.12. The fourth-order valence-corrected chi connectivity index (χ4v) is 2.77. The first kappa shape index (κ1) is 10.4. The van der Waals surface area contributed by atoms with Gasteiger partial charge in [0.1, 0.15) is 5.75 Å². The van der Waals surface area contributed by atoms with Crippen LogP contribution in [0.1, 0.15) is 0 Å². The number of para-hydroxylation sites is 1. The van der Waals surface area contributed by atoms with Crippen LogP contribution in [0, 0.1) is 0 Å². The largest absolute Gasteiger partial charge is 0.497 e. The number of benzene rings is 2. The number of hydrogen-bond acceptors (Lipinski definition) is 2. The smallest absolute Gasteiger partial charge is 0.263 e. The molecule has 2 heterocycles. The number of methoxy groups -OCH3 is 1. The maximum atomic E-state index is 12.5. The molecule has 0 aliphatic carbocycles. The van der Waals surface area contributed by atoms with Crippen LogP contribution in [0.3, 0.4) is 0 Å². The van der Waals surface area contributed by atoms with Gasteiger partial charge in [-0.1, -0.05) is 18.2 Å². The molecule has 0 unspecified atom stereocenters. The van der Waals surface area contributed by atoms with E-state index in [4.69, 9.17) is 4.74 Å². The minimum atomic E-state index is 0.00241. The monoisotopic (exact) mass is 249 g/mol. The predicted octanol–water partition coefficient (Wildman–Crippen LogP) is 3.05. The average molecular weight is 249 g/mol. The summed E-state index contributed by atoms with van der Waals surface area (Å²) in [5.41, 5.74) is 0.993. The molecule has 3 nitrogen and oxygen atoms in total. The number of rotatable bonds is 1. The third kappa shape index (κ3) is 1.24. The lowest BCUT2D eigenvalue weighted by Gasteiger charge is -2.07. The predicted molar refractivity (Wildman–Crippen MR) is 76.4 cm³/mol. The molecule has 0 saturated heterocycles. The molecule has 0 amide bonds. The Balaban J connectivity index is 2.37. The summed E-state index contributed by atoms with van der Waals surface area (Å²) < 4.78 is 6.92. The van der Waals surface area contributed by atoms with Crippen LogP contribution in [0.5, 0.6) is 5.75 Å². The van der Waals surface area contributed by atoms with E-state index in [9.17, 15) is 4.79 Å². The second-order valence-electron chi connectivity index (χ2n) is 4.65. The summed E-state index contributed by atoms with van der Waals surface area (Å²) in [6.07, 6.45) is 1.83. The summed E-state index contributed by atoms with van der Waals surface area (Å²) in [6.45, 7) is 0. The van der Waals surface area contributed by atoms with Crippen molar-refractivity contribution in [2.45, 2.75) is 0 Å². The number of ether oxygens (including phenoxy) is 1. The maximum Gasteiger partial charge on any atom is 0.263 e. The Kier molecular flexibility index (Phi) is 1.90. The molecular formula is C16H11NO2. The van der Waals surface area contributed by atoms with Crippen molar-refractivity contribution in [2.24, 2.45) is 0 Å². The highest BCUT2D eigenvalue weighted by atomic mass is 16.5. The Hall–Kier alpha value is -2.55. The molecule has 0 radical (unpaired) electrons. The van der Waals surface area contributed by atoms with E-state index in [2.05, 4.69) is 6.07 Å². The highest BCUT2D eigenvalue weighted by Gasteiger charge is 2.11. The van der Waals surface area contributed by atoms with Crippen LogP contribution in [0.2, 0.25) is 0 Å². The van der Waals surface area contributed by atoms with Crippen molar-refractivity contribution in [1.29, 1.82) is 0 Å². The molecule has 0 saturated carbocycles. The van der Waals surface area contributed by atoms with E-state index in [-0.39, 0.29) is 5.56 Å². The van der Waals surface area contributed by atoms with Crippen molar-refractivity contribution < 1.29 is 4.74 Å². The third-order valence-electron chi connectivity index (χ3n) is 3.68. The van der Waals surface area contributed by atoms with Gasteiger partial charge in [-0.05, 0) is 29.7 Å². The zero-order chi connectivity index (χ0) is 13.0. The van der Waals surface area contributed by atoms with Crippen molar-refractivity contribution >= 4 is 27.1 Å². The van der Waals surface area contributed by atoms with Crippen LogP contribution in [0.25, 0.3) is 27.1 Å². The summed E-state index contributed by atoms with van der Waals surface area (Å²) in [5.74, 6) is 0.704. The van der Waals surface area contributed by atoms with Crippen LogP contribution in [0.4, 0.5) is 0 Å². The molecule has 19 heavy (non-hydrogen) atoms. The van der Waals surface area contributed by atoms with Gasteiger partial charge in [0.05, 0.1) is 18.0 Å². The van der Waals surface area contributed by atoms with Crippen LogP contribution in [0.15, 0.2) is 53.5 Å². The first-order chi connectivity index (χ1) is 9.29. The van der Waals surface area contributed by atoms with Gasteiger partial charge in [-0.15, -0.1) is 0 Å². The summed E-state index contributed by atoms with van der Waals surface area (Å²) in [5, 5.41) is 3.85. The fraction of sp³-hybridized carbons (Fsp3) is 0.0625. The Bertz CT molecular complexity index is 969. The number of fused-ring (bicyclic) bond motifs is 2. The molecule has 2 aromatic heterocycles. The molecule has 4 aromatic rings. The van der Waals surface area contributed by atoms with Crippen molar-refractivity contribution in [3.05, 3.63) is 59.0 Å². The zero-order valence-corrected chi connectivity index (χ0v) is 10.4. The number of hydrogen-bond donors (Lipinski definition) is 0. The third-order valence-corrected chi connectivity index (χ3v) is 3.68. The van der Waals surface area contributed by atoms with Crippen LogP contribution < -0.4 is 10.3 Å². The van der Waals surface area contributed by atoms with E-state index in [1.165, 1.54) is 0 Å². The molecule has 4 rings (SSSR count). The molecule has 0 atom stereocenters. The standard InChI is InChI=1S/C16H11NO2/c1-19-11-5-6-12-13-4-2-3-10-7-8-17(15(10)13)16(18)14(12)9-11/h2-9H,1H3. The summed E-state index contributed by atoms with van der Waals surface area (Å²) in [7, 11) is 1.61. The van der Waals surface area contributed by atoms with Gasteiger partial charge in [0, 0.05) is 17.0 Å². The second-order valence-corrected chi connectivity index (χ2v) is 4.65. The molecule has 0 aliphatic rings. The fourth-order valence-electron chi connectivity index (χ4n) is 2.77. The molecule has 0 N–H and O–H groups in total. The number of nitrogens with zero attached hydrogens (tertiary/aromatic N) is 1. The molecule has 0 fully saturated rings. The van der Waals surface area contributed by atoms with Gasteiger partial charge in [0.15, 0.2) is 0 Å². The minimum absolute atomic E-state index is 0.00241. The van der Waals surface area contributed by atoms with E-state index in [1.54, 1.807) is 17.6 Å². The van der Waals surface area contributed by atoms with Gasteiger partial charge in [-0.2, -0.15) is 0 Å². The summed E-state index contributed by atoms with van der Waals surface area (Å²) in [4.78, 5) is 12.5. The number of pyridine rings is 1. The maximum absolute atomic E-state index is 12.5. The normalized spacial score (nSPS) is 11.6. The molecule has 0 bridgehead atoms. The van der Waals surface area contributed by atoms with E-state index in [0.29, 0.717) is 11.1 Å². The van der Waals surface area contributed by atoms with Crippen molar-refractivity contribution in [3.8, 4) is 5.75 Å². The SMILES string of the molecule is COc1ccc2c(c1)c(=O)n1ccc3cccc2c31. The van der Waals surface area contributed by atoms with Crippen molar-refractivity contribution in [3.63, 3.8) is 0 Å². The zero-order valence-electron chi connectivity index (χ0n) is 10.4. The molecule has 3 heteroatoms. The van der Waals surface area contributed by atoms with E-state index < -0.39 is 0 Å². The van der Waals surface area contributed by atoms with Gasteiger partial charge in [-0.3, -0.25) is 9.20 Å². The van der Waals surface area contributed by atoms with E-state index in [1.807, 2.05) is 36.5 Å². The molecule has 0 spiro atoms. The molecular weight excluding hydrogens is 238 g/mol. The van der Waals surface area contributed by atoms with E-state index >= 15 is 0 Å². The molecule has 0 aliphatic heterocycles. The lowest BCUT2D eigenvalue weighted by molar-refractivity contribution is 0.415. The Morgan fingerprint density at radius 2 is 1.89 bits per heavy atom. The Morgan fingerprint density at radius 1 is 1.00 bits per heavy atom. The first-order valence-corrected chi connectivity index (χ1v) is 6.13. The van der Waals surface area contributed by atoms with E-state index in [0.717, 1.165) is 21.7 Å². The van der Waals surface area contributed by atoms with Crippen molar-refractivity contribution in [1.82, 2.24) is 4.40 Å². The Morgan fingerprint density at radius 3 is 2.74 bits per heavy atom. The summed E-state index contributed by atoms with van der Waals surface area (Å²) >= 11 is 0. The second kappa shape index (κ2) is 3.48. The number of aromatic nitrogens is 1. The van der Waals surface area contributed by atoms with Crippen LogP contribution in [-0.4, -0.2) is 11.5 Å².